The Morgan fingerprint density at radius 1 is 1.11 bits per heavy atom. The van der Waals surface area contributed by atoms with Crippen LogP contribution in [0.15, 0.2) is 66.2 Å². The van der Waals surface area contributed by atoms with E-state index in [0.717, 1.165) is 17.8 Å². The van der Waals surface area contributed by atoms with Gasteiger partial charge in [0, 0.05) is 13.1 Å². The minimum atomic E-state index is -0.172. The molecule has 0 saturated carbocycles. The average Bonchev–Trinajstić information content (AvgIpc) is 3.23. The number of hydrogen-bond donors (Lipinski definition) is 2. The summed E-state index contributed by atoms with van der Waals surface area (Å²) < 4.78 is 15.4. The lowest BCUT2D eigenvalue weighted by molar-refractivity contribution is 0.606. The van der Waals surface area contributed by atoms with Crippen molar-refractivity contribution >= 4 is 5.96 Å². The van der Waals surface area contributed by atoms with Gasteiger partial charge < -0.3 is 10.6 Å². The second-order valence-corrected chi connectivity index (χ2v) is 5.97. The molecule has 0 aliphatic rings. The van der Waals surface area contributed by atoms with Crippen LogP contribution >= 0.6 is 0 Å². The van der Waals surface area contributed by atoms with Crippen LogP contribution in [0.5, 0.6) is 0 Å². The van der Waals surface area contributed by atoms with Crippen molar-refractivity contribution < 1.29 is 4.39 Å². The van der Waals surface area contributed by atoms with E-state index in [2.05, 4.69) is 25.7 Å². The molecule has 0 radical (unpaired) electrons. The first-order valence-electron chi connectivity index (χ1n) is 8.96. The van der Waals surface area contributed by atoms with E-state index in [9.17, 15) is 4.39 Å². The zero-order valence-corrected chi connectivity index (χ0v) is 15.3. The zero-order valence-electron chi connectivity index (χ0n) is 15.3. The van der Waals surface area contributed by atoms with Gasteiger partial charge in [-0.05, 0) is 42.7 Å². The van der Waals surface area contributed by atoms with Gasteiger partial charge >= 0.3 is 0 Å². The third-order valence-corrected chi connectivity index (χ3v) is 4.03. The number of halogens is 1. The first-order chi connectivity index (χ1) is 13.3. The van der Waals surface area contributed by atoms with Crippen molar-refractivity contribution in [1.82, 2.24) is 25.4 Å². The number of guanidine groups is 1. The van der Waals surface area contributed by atoms with Gasteiger partial charge in [0.1, 0.15) is 18.5 Å². The maximum atomic E-state index is 13.7. The molecule has 0 aliphatic carbocycles. The van der Waals surface area contributed by atoms with Gasteiger partial charge in [-0.2, -0.15) is 5.10 Å². The summed E-state index contributed by atoms with van der Waals surface area (Å²) in [4.78, 5) is 8.54. The predicted molar refractivity (Wildman–Crippen MR) is 104 cm³/mol. The van der Waals surface area contributed by atoms with Crippen molar-refractivity contribution in [2.75, 3.05) is 13.1 Å². The second-order valence-electron chi connectivity index (χ2n) is 5.97. The Balaban J connectivity index is 1.56. The maximum Gasteiger partial charge on any atom is 0.191 e. The van der Waals surface area contributed by atoms with E-state index in [4.69, 9.17) is 0 Å². The van der Waals surface area contributed by atoms with Crippen LogP contribution in [0.3, 0.4) is 0 Å². The van der Waals surface area contributed by atoms with E-state index in [-0.39, 0.29) is 5.82 Å². The Hall–Kier alpha value is -3.22. The van der Waals surface area contributed by atoms with Crippen LogP contribution < -0.4 is 10.6 Å². The molecule has 1 aromatic heterocycles. The Bertz CT molecular complexity index is 858. The second kappa shape index (κ2) is 9.47. The first-order valence-corrected chi connectivity index (χ1v) is 8.96. The smallest absolute Gasteiger partial charge is 0.191 e. The minimum absolute atomic E-state index is 0.172. The lowest BCUT2D eigenvalue weighted by Crippen LogP contribution is -2.38. The van der Waals surface area contributed by atoms with Crippen molar-refractivity contribution in [1.29, 1.82) is 0 Å². The van der Waals surface area contributed by atoms with Crippen molar-refractivity contribution in [3.05, 3.63) is 78.1 Å². The maximum absolute atomic E-state index is 13.7. The molecule has 140 valence electrons. The molecule has 2 N–H and O–H groups in total. The van der Waals surface area contributed by atoms with E-state index >= 15 is 0 Å². The van der Waals surface area contributed by atoms with Gasteiger partial charge in [0.25, 0.3) is 0 Å². The highest BCUT2D eigenvalue weighted by Gasteiger charge is 2.02. The number of nitrogens with zero attached hydrogens (tertiary/aromatic N) is 4. The highest BCUT2D eigenvalue weighted by atomic mass is 19.1. The molecule has 3 rings (SSSR count). The van der Waals surface area contributed by atoms with Crippen LogP contribution in [-0.4, -0.2) is 33.8 Å². The van der Waals surface area contributed by atoms with Crippen molar-refractivity contribution in [3.63, 3.8) is 0 Å². The van der Waals surface area contributed by atoms with Crippen molar-refractivity contribution in [2.45, 2.75) is 19.9 Å². The summed E-state index contributed by atoms with van der Waals surface area (Å²) in [7, 11) is 0. The molecule has 0 atom stereocenters. The molecule has 0 saturated heterocycles. The van der Waals surface area contributed by atoms with Crippen LogP contribution in [0.2, 0.25) is 0 Å². The fraction of sp³-hybridized carbons (Fsp3) is 0.250. The zero-order chi connectivity index (χ0) is 18.9. The van der Waals surface area contributed by atoms with Crippen molar-refractivity contribution in [3.8, 4) is 5.69 Å². The van der Waals surface area contributed by atoms with E-state index in [1.54, 1.807) is 23.1 Å². The molecule has 0 spiro atoms. The number of hydrogen-bond acceptors (Lipinski definition) is 3. The third kappa shape index (κ3) is 5.37. The van der Waals surface area contributed by atoms with Crippen LogP contribution in [0.4, 0.5) is 4.39 Å². The molecule has 0 amide bonds. The Kier molecular flexibility index (Phi) is 6.51. The van der Waals surface area contributed by atoms with Crippen LogP contribution in [-0.2, 0) is 13.0 Å². The molecule has 27 heavy (non-hydrogen) atoms. The van der Waals surface area contributed by atoms with Gasteiger partial charge in [-0.25, -0.2) is 19.0 Å². The summed E-state index contributed by atoms with van der Waals surface area (Å²) in [5.41, 5.74) is 2.74. The Labute approximate surface area is 158 Å². The molecule has 1 heterocycles. The lowest BCUT2D eigenvalue weighted by atomic mass is 10.1. The highest BCUT2D eigenvalue weighted by molar-refractivity contribution is 5.79. The van der Waals surface area contributed by atoms with Gasteiger partial charge in [-0.3, -0.25) is 0 Å². The van der Waals surface area contributed by atoms with Gasteiger partial charge in [-0.15, -0.1) is 0 Å². The topological polar surface area (TPSA) is 67.1 Å². The summed E-state index contributed by atoms with van der Waals surface area (Å²) in [5.74, 6) is 0.544. The van der Waals surface area contributed by atoms with E-state index in [1.165, 1.54) is 12.4 Å². The molecule has 3 aromatic rings. The first kappa shape index (κ1) is 18.6. The number of aromatic nitrogens is 3. The van der Waals surface area contributed by atoms with E-state index in [0.29, 0.717) is 31.0 Å². The molecule has 0 fully saturated rings. The van der Waals surface area contributed by atoms with Crippen LogP contribution in [0, 0.1) is 5.82 Å². The molecule has 6 nitrogen and oxygen atoms in total. The van der Waals surface area contributed by atoms with Crippen molar-refractivity contribution in [2.24, 2.45) is 4.99 Å². The summed E-state index contributed by atoms with van der Waals surface area (Å²) in [6.07, 6.45) is 3.77. The summed E-state index contributed by atoms with van der Waals surface area (Å²) in [6, 6.07) is 14.8. The molecule has 0 bridgehead atoms. The Morgan fingerprint density at radius 3 is 2.63 bits per heavy atom. The van der Waals surface area contributed by atoms with E-state index < -0.39 is 0 Å². The molecule has 7 heteroatoms. The highest BCUT2D eigenvalue weighted by Crippen LogP contribution is 2.09. The molecular weight excluding hydrogens is 343 g/mol. The third-order valence-electron chi connectivity index (χ3n) is 4.03. The minimum Gasteiger partial charge on any atom is -0.357 e. The largest absolute Gasteiger partial charge is 0.357 e. The number of nitrogens with one attached hydrogen (secondary N) is 2. The fourth-order valence-corrected chi connectivity index (χ4v) is 2.62. The summed E-state index contributed by atoms with van der Waals surface area (Å²) in [6.45, 7) is 3.93. The monoisotopic (exact) mass is 366 g/mol. The van der Waals surface area contributed by atoms with Gasteiger partial charge in [-0.1, -0.05) is 30.3 Å². The quantitative estimate of drug-likeness (QED) is 0.498. The van der Waals surface area contributed by atoms with Gasteiger partial charge in [0.2, 0.25) is 0 Å². The average molecular weight is 366 g/mol. The van der Waals surface area contributed by atoms with Crippen LogP contribution in [0.1, 0.15) is 18.1 Å². The summed E-state index contributed by atoms with van der Waals surface area (Å²) >= 11 is 0. The normalized spacial score (nSPS) is 11.4. The standard InChI is InChI=1S/C20H23FN6/c1-2-23-20(24-12-11-17-5-3-4-6-19(17)21)25-13-16-7-9-18(10-8-16)27-15-22-14-26-27/h3-10,14-15H,2,11-13H2,1H3,(H2,23,24,25). The number of benzene rings is 2. The summed E-state index contributed by atoms with van der Waals surface area (Å²) in [5, 5.41) is 10.6. The molecule has 2 aromatic carbocycles. The molecule has 0 unspecified atom stereocenters. The number of aliphatic imine (C=N–C) groups is 1. The lowest BCUT2D eigenvalue weighted by Gasteiger charge is -2.11. The van der Waals surface area contributed by atoms with Gasteiger partial charge in [0.05, 0.1) is 12.2 Å². The van der Waals surface area contributed by atoms with E-state index in [1.807, 2.05) is 37.3 Å². The van der Waals surface area contributed by atoms with Gasteiger partial charge in [0.15, 0.2) is 5.96 Å². The number of rotatable bonds is 7. The fourth-order valence-electron chi connectivity index (χ4n) is 2.62. The molecular formula is C20H23FN6. The molecule has 0 aliphatic heterocycles. The van der Waals surface area contributed by atoms with Crippen LogP contribution in [0.25, 0.3) is 5.69 Å². The SMILES string of the molecule is CCNC(=NCc1ccc(-n2cncn2)cc1)NCCc1ccccc1F. The Morgan fingerprint density at radius 2 is 1.93 bits per heavy atom. The predicted octanol–water partition coefficient (Wildman–Crippen LogP) is 2.70.